The molecule has 10 rings (SSSR count). The first-order chi connectivity index (χ1) is 57.4. The van der Waals surface area contributed by atoms with E-state index in [1.54, 1.807) is 0 Å². The number of methoxy groups -OCH3 is 6. The number of aromatic amines is 2. The van der Waals surface area contributed by atoms with Crippen LogP contribution < -0.4 is 16.0 Å². The maximum absolute atomic E-state index is 15.1. The maximum Gasteiger partial charge on any atom is 0.306 e. The SMILES string of the molecule is C=Cc1c(C)c2cc3[nH]c(cc4nc(cc5nc(cc1[nH]2)C(C)=C5CCC(=O)O)C(CCC(=O)NCCCCCCCCCCNC(=O)C[C@]1(C)/C2=C(\C)C5=N[C@@](C)(C6N=C(C(C)=C7N=C(C=C(N2)[C@H]1CCC(=O)OC)C(C)(C)[C@@H]7CCC(=O)OC)[C@](C)(CCC(=O)OC)[C@H]6CC(=O)OC)[C@@](C)(CC(=O)OC)[C@@H]5CCC(=O)OC)=C4C)c(C)c3C=C. The lowest BCUT2D eigenvalue weighted by molar-refractivity contribution is -0.147. The van der Waals surface area contributed by atoms with E-state index in [0.717, 1.165) is 124 Å². The van der Waals surface area contributed by atoms with E-state index in [1.165, 1.54) is 42.7 Å². The van der Waals surface area contributed by atoms with Crippen molar-refractivity contribution in [1.82, 2.24) is 35.9 Å². The van der Waals surface area contributed by atoms with Gasteiger partial charge in [0.1, 0.15) is 0 Å². The first kappa shape index (κ1) is 92.6. The third-order valence-corrected chi connectivity index (χ3v) is 27.6. The Hall–Kier alpha value is -10.7. The Bertz CT molecular complexity index is 5080. The number of amides is 2. The predicted molar refractivity (Wildman–Crippen MR) is 471 cm³/mol. The Balaban J connectivity index is 0.857. The summed E-state index contributed by atoms with van der Waals surface area (Å²) < 4.78 is 32.1. The molecular formula is C95H126N10O16. The Morgan fingerprint density at radius 2 is 0.992 bits per heavy atom. The molecule has 0 aliphatic carbocycles. The van der Waals surface area contributed by atoms with Crippen LogP contribution in [0.3, 0.4) is 0 Å². The monoisotopic (exact) mass is 1660 g/mol. The van der Waals surface area contributed by atoms with E-state index in [9.17, 15) is 43.5 Å². The number of carbonyl (C=O) groups is 9. The normalized spacial score (nSPS) is 23.9. The molecule has 7 aliphatic rings. The summed E-state index contributed by atoms with van der Waals surface area (Å²) in [5, 5.41) is 20.1. The smallest absolute Gasteiger partial charge is 0.306 e. The second kappa shape index (κ2) is 39.0. The molecule has 26 heteroatoms. The number of fused-ring (bicyclic) bond motifs is 14. The molecule has 7 aliphatic heterocycles. The number of hydrogen-bond donors (Lipinski definition) is 6. The van der Waals surface area contributed by atoms with Crippen LogP contribution in [0.2, 0.25) is 0 Å². The van der Waals surface area contributed by atoms with Gasteiger partial charge in [-0.1, -0.05) is 98.5 Å². The van der Waals surface area contributed by atoms with Crippen LogP contribution in [0.25, 0.3) is 56.5 Å². The number of allylic oxidation sites excluding steroid dienone is 10. The molecule has 10 heterocycles. The maximum atomic E-state index is 15.1. The van der Waals surface area contributed by atoms with E-state index < -0.39 is 98.7 Å². The highest BCUT2D eigenvalue weighted by Gasteiger charge is 2.67. The van der Waals surface area contributed by atoms with E-state index in [4.69, 9.17) is 53.4 Å². The fourth-order valence-corrected chi connectivity index (χ4v) is 20.0. The molecule has 0 aromatic carbocycles. The number of carbonyl (C=O) groups excluding carboxylic acids is 8. The minimum Gasteiger partial charge on any atom is -0.481 e. The second-order valence-electron chi connectivity index (χ2n) is 35.0. The summed E-state index contributed by atoms with van der Waals surface area (Å²) >= 11 is 0. The number of aromatic nitrogens is 4. The van der Waals surface area contributed by atoms with E-state index in [-0.39, 0.29) is 95.3 Å². The van der Waals surface area contributed by atoms with Crippen molar-refractivity contribution in [3.63, 3.8) is 0 Å². The highest BCUT2D eigenvalue weighted by atomic mass is 16.5. The number of nitrogens with zero attached hydrogens (tertiary/aromatic N) is 5. The summed E-state index contributed by atoms with van der Waals surface area (Å²) in [5.41, 5.74) is 13.0. The van der Waals surface area contributed by atoms with Gasteiger partial charge in [-0.05, 0) is 175 Å². The van der Waals surface area contributed by atoms with Crippen molar-refractivity contribution in [3.05, 3.63) is 117 Å². The van der Waals surface area contributed by atoms with E-state index in [1.807, 2.05) is 98.7 Å². The molecule has 16 bridgehead atoms. The van der Waals surface area contributed by atoms with E-state index in [0.29, 0.717) is 88.4 Å². The molecule has 1 unspecified atom stereocenters. The third kappa shape index (κ3) is 19.3. The highest BCUT2D eigenvalue weighted by Crippen LogP contribution is 2.63. The van der Waals surface area contributed by atoms with Crippen LogP contribution in [-0.2, 0) is 71.6 Å². The Kier molecular flexibility index (Phi) is 29.9. The summed E-state index contributed by atoms with van der Waals surface area (Å²) in [6.07, 6.45) is 14.1. The average Bonchev–Trinajstić information content (AvgIpc) is 1.52. The number of esters is 6. The van der Waals surface area contributed by atoms with Crippen molar-refractivity contribution in [1.29, 1.82) is 0 Å². The first-order valence-electron chi connectivity index (χ1n) is 42.7. The lowest BCUT2D eigenvalue weighted by Gasteiger charge is -2.48. The molecule has 0 saturated carbocycles. The summed E-state index contributed by atoms with van der Waals surface area (Å²) in [6.45, 7) is 33.2. The predicted octanol–water partition coefficient (Wildman–Crippen LogP) is 16.5. The summed E-state index contributed by atoms with van der Waals surface area (Å²) in [7, 11) is 7.95. The van der Waals surface area contributed by atoms with Crippen molar-refractivity contribution >= 4 is 127 Å². The van der Waals surface area contributed by atoms with Crippen LogP contribution in [0.5, 0.6) is 0 Å². The van der Waals surface area contributed by atoms with Gasteiger partial charge in [0.15, 0.2) is 0 Å². The van der Waals surface area contributed by atoms with Gasteiger partial charge in [-0.2, -0.15) is 0 Å². The number of aryl methyl sites for hydroxylation is 2. The molecule has 9 atom stereocenters. The Labute approximate surface area is 711 Å². The van der Waals surface area contributed by atoms with Crippen molar-refractivity contribution in [2.75, 3.05) is 55.7 Å². The van der Waals surface area contributed by atoms with Crippen molar-refractivity contribution < 1.29 is 76.7 Å². The number of carboxylic acid groups (broad SMARTS) is 1. The Morgan fingerprint density at radius 3 is 1.52 bits per heavy atom. The largest absolute Gasteiger partial charge is 0.481 e. The van der Waals surface area contributed by atoms with Gasteiger partial charge < -0.3 is 59.4 Å². The highest BCUT2D eigenvalue weighted by molar-refractivity contribution is 6.11. The molecular weight excluding hydrogens is 1540 g/mol. The van der Waals surface area contributed by atoms with Crippen LogP contribution in [-0.4, -0.2) is 163 Å². The zero-order chi connectivity index (χ0) is 88.4. The molecule has 3 aromatic rings. The van der Waals surface area contributed by atoms with Crippen molar-refractivity contribution in [3.8, 4) is 0 Å². The minimum atomic E-state index is -1.42. The quantitative estimate of drug-likeness (QED) is 0.0177. The number of nitrogens with one attached hydrogen (secondary N) is 5. The van der Waals surface area contributed by atoms with E-state index in [2.05, 4.69) is 65.9 Å². The summed E-state index contributed by atoms with van der Waals surface area (Å²) in [6, 6.07) is 7.11. The molecule has 0 spiro atoms. The van der Waals surface area contributed by atoms with Gasteiger partial charge in [-0.15, -0.1) is 0 Å². The molecule has 2 amide bonds. The molecule has 121 heavy (non-hydrogen) atoms. The zero-order valence-electron chi connectivity index (χ0n) is 74.3. The molecule has 652 valence electrons. The number of rotatable bonds is 37. The number of carboxylic acids is 1. The standard InChI is InChI=1S/C95H126N10O16/c1-21-59-53(3)67-46-68-55(5)61(73(100-68)49-74-62(32-37-79(108)109)56(6)70(101-74)48-72-60(22-2)54(4)69(99-72)47-71(59)98-67)31-36-77(106)96-43-29-27-25-23-24-26-28-30-44-97-78(107)51-93(12)63(33-38-80(110)116-15)75-50-76-91(9,10)64(34-39-81(111)117-16)86(103-76)57(7)88-92(11,42-41-83(113)119-18)66(45-84(114)120-19)90(104-88)95(14)94(13,52-85(115)121-20)65(35-40-82(112)118-17)87(105-95)58(8)89(93)102-75/h21-22,46-50,63-66,90,98-99,102H,1-2,23-45,51-52H2,3-20H3,(H,96,106)(H,97,107)(H,108,109)/b67-46?,68-46?,69-47?,70-48?,71-47?,72-48?,73-49?,74-49?,75-50?,86-57?,89-58-/t63-,64-,65-,66+,90?,92-,93+,94+,95+/m1/s1. The number of H-pyrrole nitrogens is 2. The fraction of sp³-hybridized carbons (Fsp3) is 0.558. The van der Waals surface area contributed by atoms with Crippen LogP contribution in [0.4, 0.5) is 0 Å². The molecule has 0 radical (unpaired) electrons. The molecule has 1 fully saturated rings. The zero-order valence-corrected chi connectivity index (χ0v) is 74.3. The number of hydrogen-bond acceptors (Lipinski definition) is 21. The van der Waals surface area contributed by atoms with Gasteiger partial charge in [-0.25, -0.2) is 9.97 Å². The number of aliphatic imine (C=N–C) groups is 3. The van der Waals surface area contributed by atoms with Gasteiger partial charge in [0.05, 0.1) is 89.9 Å². The van der Waals surface area contributed by atoms with E-state index >= 15 is 4.79 Å². The molecule has 26 nitrogen and oxygen atoms in total. The number of ether oxygens (including phenoxy) is 6. The molecule has 6 N–H and O–H groups in total. The summed E-state index contributed by atoms with van der Waals surface area (Å²) in [4.78, 5) is 158. The van der Waals surface area contributed by atoms with Crippen LogP contribution >= 0.6 is 0 Å². The lowest BCUT2D eigenvalue weighted by atomic mass is 9.55. The van der Waals surface area contributed by atoms with Gasteiger partial charge in [0, 0.05) is 171 Å². The minimum absolute atomic E-state index is 0.0111. The van der Waals surface area contributed by atoms with Crippen LogP contribution in [0.15, 0.2) is 86.7 Å². The lowest BCUT2D eigenvalue weighted by Crippen LogP contribution is -2.55. The third-order valence-electron chi connectivity index (χ3n) is 27.6. The van der Waals surface area contributed by atoms with Crippen LogP contribution in [0, 0.1) is 59.2 Å². The van der Waals surface area contributed by atoms with Gasteiger partial charge in [-0.3, -0.25) is 58.1 Å². The first-order valence-corrected chi connectivity index (χ1v) is 42.7. The summed E-state index contributed by atoms with van der Waals surface area (Å²) in [5.74, 6) is -6.59. The van der Waals surface area contributed by atoms with Gasteiger partial charge in [0.2, 0.25) is 11.8 Å². The fourth-order valence-electron chi connectivity index (χ4n) is 20.0. The van der Waals surface area contributed by atoms with Gasteiger partial charge in [0.25, 0.3) is 0 Å². The van der Waals surface area contributed by atoms with Crippen molar-refractivity contribution in [2.45, 2.75) is 242 Å². The molecule has 3 aromatic heterocycles. The van der Waals surface area contributed by atoms with Crippen molar-refractivity contribution in [2.24, 2.45) is 60.3 Å². The van der Waals surface area contributed by atoms with Crippen LogP contribution in [0.1, 0.15) is 262 Å². The average molecular weight is 1660 g/mol. The Morgan fingerprint density at radius 1 is 0.512 bits per heavy atom. The number of aliphatic carboxylic acids is 1. The topological polar surface area (TPSA) is 360 Å². The van der Waals surface area contributed by atoms with Gasteiger partial charge >= 0.3 is 41.8 Å². The second-order valence-corrected chi connectivity index (χ2v) is 35.0. The number of unbranched alkanes of at least 4 members (excludes halogenated alkanes) is 7. The molecule has 1 saturated heterocycles.